The van der Waals surface area contributed by atoms with Gasteiger partial charge in [0.05, 0.1) is 36.3 Å². The molecule has 0 aromatic carbocycles. The Kier molecular flexibility index (Phi) is 6.59. The number of methoxy groups -OCH3 is 1. The zero-order chi connectivity index (χ0) is 26.3. The molecule has 0 aliphatic carbocycles. The van der Waals surface area contributed by atoms with Gasteiger partial charge in [-0.2, -0.15) is 0 Å². The first-order valence-electron chi connectivity index (χ1n) is 13.2. The van der Waals surface area contributed by atoms with Crippen molar-refractivity contribution < 1.29 is 28.5 Å². The number of ether oxygens (including phenoxy) is 5. The van der Waals surface area contributed by atoms with E-state index in [0.717, 1.165) is 64.9 Å². The van der Waals surface area contributed by atoms with Gasteiger partial charge in [-0.25, -0.2) is 9.97 Å². The highest BCUT2D eigenvalue weighted by atomic mass is 16.6. The molecular formula is C28H34N4O6. The van der Waals surface area contributed by atoms with Crippen LogP contribution in [0.2, 0.25) is 0 Å². The molecule has 1 unspecified atom stereocenters. The van der Waals surface area contributed by atoms with Crippen molar-refractivity contribution >= 4 is 22.6 Å². The fourth-order valence-corrected chi connectivity index (χ4v) is 5.79. The molecule has 6 rings (SSSR count). The summed E-state index contributed by atoms with van der Waals surface area (Å²) in [7, 11) is 3.72. The predicted octanol–water partition coefficient (Wildman–Crippen LogP) is 3.36. The molecule has 3 aliphatic rings. The van der Waals surface area contributed by atoms with Crippen LogP contribution in [0, 0.1) is 0 Å². The maximum atomic E-state index is 11.7. The Balaban J connectivity index is 1.47. The first kappa shape index (κ1) is 25.2. The van der Waals surface area contributed by atoms with E-state index < -0.39 is 5.60 Å². The molecular weight excluding hydrogens is 488 g/mol. The summed E-state index contributed by atoms with van der Waals surface area (Å²) < 4.78 is 32.3. The number of fused-ring (bicyclic) bond motifs is 3. The molecule has 2 fully saturated rings. The van der Waals surface area contributed by atoms with Gasteiger partial charge in [-0.05, 0) is 6.07 Å². The highest BCUT2D eigenvalue weighted by Crippen LogP contribution is 2.44. The summed E-state index contributed by atoms with van der Waals surface area (Å²) in [5, 5.41) is 3.73. The van der Waals surface area contributed by atoms with E-state index in [1.807, 2.05) is 29.9 Å². The van der Waals surface area contributed by atoms with E-state index in [1.54, 1.807) is 13.3 Å². The van der Waals surface area contributed by atoms with Gasteiger partial charge in [0.15, 0.2) is 0 Å². The molecule has 1 amide bonds. The highest BCUT2D eigenvalue weighted by Gasteiger charge is 2.45. The van der Waals surface area contributed by atoms with Crippen LogP contribution in [0.25, 0.3) is 22.2 Å². The predicted molar refractivity (Wildman–Crippen MR) is 140 cm³/mol. The van der Waals surface area contributed by atoms with Crippen molar-refractivity contribution in [3.8, 4) is 17.0 Å². The molecule has 6 heterocycles. The summed E-state index contributed by atoms with van der Waals surface area (Å²) in [6.45, 7) is 4.92. The van der Waals surface area contributed by atoms with Crippen LogP contribution in [-0.4, -0.2) is 72.8 Å². The summed E-state index contributed by atoms with van der Waals surface area (Å²) in [5.74, 6) is 1.13. The standard InChI is InChI=1S/C28H34N4O6/c1-18(33)30-25-12-20-21(15-32(2)23(20)14-29-25)22-13-24(37-16-27(34-3)5-9-35-10-6-27)19-4-8-38-28(26(19)31-22)7-11-36-17-28/h12-15H,4-11,16-17H2,1-3H3,(H,29,30,33). The van der Waals surface area contributed by atoms with Crippen LogP contribution in [0.3, 0.4) is 0 Å². The van der Waals surface area contributed by atoms with Gasteiger partial charge < -0.3 is 33.6 Å². The molecule has 3 aliphatic heterocycles. The van der Waals surface area contributed by atoms with Crippen LogP contribution < -0.4 is 10.1 Å². The summed E-state index contributed by atoms with van der Waals surface area (Å²) in [4.78, 5) is 21.3. The van der Waals surface area contributed by atoms with E-state index in [1.165, 1.54) is 6.92 Å². The van der Waals surface area contributed by atoms with E-state index >= 15 is 0 Å². The Morgan fingerprint density at radius 3 is 2.71 bits per heavy atom. The first-order valence-corrected chi connectivity index (χ1v) is 13.2. The van der Waals surface area contributed by atoms with Gasteiger partial charge in [0.25, 0.3) is 0 Å². The third-order valence-corrected chi connectivity index (χ3v) is 8.01. The maximum Gasteiger partial charge on any atom is 0.222 e. The highest BCUT2D eigenvalue weighted by molar-refractivity contribution is 5.98. The lowest BCUT2D eigenvalue weighted by Gasteiger charge is -2.37. The monoisotopic (exact) mass is 522 g/mol. The fraction of sp³-hybridized carbons (Fsp3) is 0.536. The number of nitrogens with zero attached hydrogens (tertiary/aromatic N) is 3. The van der Waals surface area contributed by atoms with Gasteiger partial charge in [-0.3, -0.25) is 4.79 Å². The molecule has 38 heavy (non-hydrogen) atoms. The Hall–Kier alpha value is -3.05. The van der Waals surface area contributed by atoms with Gasteiger partial charge in [0.2, 0.25) is 5.91 Å². The Morgan fingerprint density at radius 1 is 1.16 bits per heavy atom. The van der Waals surface area contributed by atoms with Crippen molar-refractivity contribution in [3.05, 3.63) is 35.8 Å². The minimum absolute atomic E-state index is 0.169. The van der Waals surface area contributed by atoms with Crippen LogP contribution in [-0.2, 0) is 42.8 Å². The lowest BCUT2D eigenvalue weighted by molar-refractivity contribution is -0.114. The third-order valence-electron chi connectivity index (χ3n) is 8.01. The molecule has 0 radical (unpaired) electrons. The molecule has 1 N–H and O–H groups in total. The molecule has 10 nitrogen and oxygen atoms in total. The molecule has 0 saturated carbocycles. The topological polar surface area (TPSA) is 106 Å². The lowest BCUT2D eigenvalue weighted by atomic mass is 9.89. The number of amides is 1. The third kappa shape index (κ3) is 4.45. The Bertz CT molecular complexity index is 1360. The second-order valence-electron chi connectivity index (χ2n) is 10.4. The van der Waals surface area contributed by atoms with Crippen molar-refractivity contribution in [1.82, 2.24) is 14.5 Å². The lowest BCUT2D eigenvalue weighted by Crippen LogP contribution is -2.44. The Morgan fingerprint density at radius 2 is 1.97 bits per heavy atom. The van der Waals surface area contributed by atoms with Crippen LogP contribution >= 0.6 is 0 Å². The number of hydrogen-bond acceptors (Lipinski definition) is 8. The number of aromatic nitrogens is 3. The molecule has 1 atom stereocenters. The number of rotatable bonds is 6. The number of anilines is 1. The molecule has 3 aromatic rings. The molecule has 0 bridgehead atoms. The van der Waals surface area contributed by atoms with Crippen molar-refractivity contribution in [2.75, 3.05) is 52.1 Å². The van der Waals surface area contributed by atoms with E-state index in [0.29, 0.717) is 45.5 Å². The summed E-state index contributed by atoms with van der Waals surface area (Å²) in [6, 6.07) is 3.92. The zero-order valence-electron chi connectivity index (χ0n) is 22.2. The number of hydrogen-bond donors (Lipinski definition) is 1. The normalized spacial score (nSPS) is 22.5. The summed E-state index contributed by atoms with van der Waals surface area (Å²) in [5.41, 5.74) is 3.65. The minimum atomic E-state index is -0.577. The average molecular weight is 523 g/mol. The van der Waals surface area contributed by atoms with Crippen molar-refractivity contribution in [2.45, 2.75) is 43.8 Å². The Labute approximate surface area is 221 Å². The quantitative estimate of drug-likeness (QED) is 0.526. The molecule has 202 valence electrons. The second-order valence-corrected chi connectivity index (χ2v) is 10.4. The minimum Gasteiger partial charge on any atom is -0.490 e. The van der Waals surface area contributed by atoms with Gasteiger partial charge in [0, 0.05) is 95.4 Å². The number of nitrogens with one attached hydrogen (secondary N) is 1. The first-order chi connectivity index (χ1) is 18.4. The number of pyridine rings is 2. The van der Waals surface area contributed by atoms with E-state index in [-0.39, 0.29) is 11.5 Å². The van der Waals surface area contributed by atoms with Crippen LogP contribution in [0.15, 0.2) is 24.5 Å². The maximum absolute atomic E-state index is 11.7. The number of aryl methyl sites for hydroxylation is 1. The van der Waals surface area contributed by atoms with Gasteiger partial charge in [-0.1, -0.05) is 0 Å². The summed E-state index contributed by atoms with van der Waals surface area (Å²) in [6.07, 6.45) is 6.84. The average Bonchev–Trinajstić information content (AvgIpc) is 3.52. The van der Waals surface area contributed by atoms with Crippen molar-refractivity contribution in [3.63, 3.8) is 0 Å². The number of carbonyl (C=O) groups is 1. The second kappa shape index (κ2) is 9.92. The summed E-state index contributed by atoms with van der Waals surface area (Å²) >= 11 is 0. The molecule has 2 saturated heterocycles. The zero-order valence-corrected chi connectivity index (χ0v) is 22.2. The van der Waals surface area contributed by atoms with Crippen LogP contribution in [0.4, 0.5) is 5.82 Å². The largest absolute Gasteiger partial charge is 0.490 e. The van der Waals surface area contributed by atoms with E-state index in [4.69, 9.17) is 28.7 Å². The van der Waals surface area contributed by atoms with Gasteiger partial charge in [0.1, 0.15) is 29.4 Å². The molecule has 10 heteroatoms. The SMILES string of the molecule is COC1(COc2cc(-c3cn(C)c4cnc(NC(C)=O)cc34)nc3c2CCOC32CCOC2)CCOCC1. The fourth-order valence-electron chi connectivity index (χ4n) is 5.79. The number of carbonyl (C=O) groups excluding carboxylic acids is 1. The smallest absolute Gasteiger partial charge is 0.222 e. The molecule has 3 aromatic heterocycles. The van der Waals surface area contributed by atoms with Gasteiger partial charge >= 0.3 is 0 Å². The van der Waals surface area contributed by atoms with Crippen LogP contribution in [0.5, 0.6) is 5.75 Å². The van der Waals surface area contributed by atoms with E-state index in [2.05, 4.69) is 10.3 Å². The van der Waals surface area contributed by atoms with Crippen molar-refractivity contribution in [1.29, 1.82) is 0 Å². The van der Waals surface area contributed by atoms with Crippen molar-refractivity contribution in [2.24, 2.45) is 7.05 Å². The van der Waals surface area contributed by atoms with E-state index in [9.17, 15) is 4.79 Å². The van der Waals surface area contributed by atoms with Gasteiger partial charge in [-0.15, -0.1) is 0 Å². The van der Waals surface area contributed by atoms with Crippen LogP contribution in [0.1, 0.15) is 37.4 Å². The molecule has 1 spiro atoms.